The highest BCUT2D eigenvalue weighted by atomic mass is 32.2. The largest absolute Gasteiger partial charge is 0.496 e. The number of nitrogens with one attached hydrogen (secondary N) is 1. The summed E-state index contributed by atoms with van der Waals surface area (Å²) in [5.74, 6) is 2.08. The molecule has 0 aliphatic carbocycles. The molecule has 0 fully saturated rings. The zero-order chi connectivity index (χ0) is 12.5. The fourth-order valence-electron chi connectivity index (χ4n) is 1.33. The van der Waals surface area contributed by atoms with Gasteiger partial charge in [0.1, 0.15) is 5.75 Å². The van der Waals surface area contributed by atoms with Crippen molar-refractivity contribution in [3.63, 3.8) is 0 Å². The predicted molar refractivity (Wildman–Crippen MR) is 72.4 cm³/mol. The van der Waals surface area contributed by atoms with Crippen LogP contribution in [-0.4, -0.2) is 24.5 Å². The number of para-hydroxylation sites is 1. The first-order valence-corrected chi connectivity index (χ1v) is 6.50. The quantitative estimate of drug-likeness (QED) is 0.596. The molecular weight excluding hydrogens is 234 g/mol. The average molecular weight is 251 g/mol. The Morgan fingerprint density at radius 2 is 2.29 bits per heavy atom. The van der Waals surface area contributed by atoms with Crippen LogP contribution in [0.4, 0.5) is 0 Å². The molecule has 0 aromatic heterocycles. The molecule has 17 heavy (non-hydrogen) atoms. The molecule has 0 aliphatic rings. The van der Waals surface area contributed by atoms with Crippen molar-refractivity contribution in [2.75, 3.05) is 18.6 Å². The first-order valence-electron chi connectivity index (χ1n) is 5.35. The Balaban J connectivity index is 2.39. The maximum absolute atomic E-state index is 11.5. The van der Waals surface area contributed by atoms with Gasteiger partial charge in [-0.1, -0.05) is 24.3 Å². The van der Waals surface area contributed by atoms with Crippen LogP contribution in [0.25, 0.3) is 0 Å². The number of thioether (sulfide) groups is 1. The van der Waals surface area contributed by atoms with E-state index in [2.05, 4.69) is 11.9 Å². The van der Waals surface area contributed by atoms with Crippen molar-refractivity contribution in [2.24, 2.45) is 0 Å². The second kappa shape index (κ2) is 7.79. The number of rotatable bonds is 7. The van der Waals surface area contributed by atoms with Crippen molar-refractivity contribution in [1.29, 1.82) is 0 Å². The highest BCUT2D eigenvalue weighted by Gasteiger charge is 2.04. The highest BCUT2D eigenvalue weighted by Crippen LogP contribution is 2.16. The fourth-order valence-corrected chi connectivity index (χ4v) is 1.90. The van der Waals surface area contributed by atoms with E-state index in [0.717, 1.165) is 17.1 Å². The van der Waals surface area contributed by atoms with E-state index in [1.54, 1.807) is 24.9 Å². The van der Waals surface area contributed by atoms with Crippen LogP contribution in [0.2, 0.25) is 0 Å². The van der Waals surface area contributed by atoms with Gasteiger partial charge in [0.15, 0.2) is 0 Å². The summed E-state index contributed by atoms with van der Waals surface area (Å²) in [6.45, 7) is 4.10. The molecule has 1 N–H and O–H groups in total. The Kier molecular flexibility index (Phi) is 6.25. The first kappa shape index (κ1) is 13.6. The molecule has 3 nitrogen and oxygen atoms in total. The SMILES string of the molecule is C=CCSCC(=O)NCc1ccccc1OC. The Labute approximate surface area is 106 Å². The molecule has 92 valence electrons. The number of carbonyl (C=O) groups excluding carboxylic acids is 1. The Morgan fingerprint density at radius 3 is 3.00 bits per heavy atom. The molecule has 0 atom stereocenters. The van der Waals surface area contributed by atoms with E-state index >= 15 is 0 Å². The summed E-state index contributed by atoms with van der Waals surface area (Å²) < 4.78 is 5.21. The number of methoxy groups -OCH3 is 1. The standard InChI is InChI=1S/C13H17NO2S/c1-3-8-17-10-13(15)14-9-11-6-4-5-7-12(11)16-2/h3-7H,1,8-10H2,2H3,(H,14,15). The Hall–Kier alpha value is -1.42. The van der Waals surface area contributed by atoms with Crippen LogP contribution in [0, 0.1) is 0 Å². The predicted octanol–water partition coefficient (Wildman–Crippen LogP) is 2.23. The van der Waals surface area contributed by atoms with Crippen molar-refractivity contribution in [2.45, 2.75) is 6.54 Å². The van der Waals surface area contributed by atoms with Crippen LogP contribution in [0.3, 0.4) is 0 Å². The van der Waals surface area contributed by atoms with Gasteiger partial charge in [-0.2, -0.15) is 0 Å². The van der Waals surface area contributed by atoms with Gasteiger partial charge in [0.2, 0.25) is 5.91 Å². The molecule has 0 heterocycles. The molecule has 0 bridgehead atoms. The van der Waals surface area contributed by atoms with E-state index in [1.165, 1.54) is 0 Å². The van der Waals surface area contributed by atoms with Gasteiger partial charge in [-0.25, -0.2) is 0 Å². The van der Waals surface area contributed by atoms with E-state index in [1.807, 2.05) is 24.3 Å². The van der Waals surface area contributed by atoms with Gasteiger partial charge in [-0.05, 0) is 6.07 Å². The zero-order valence-corrected chi connectivity index (χ0v) is 10.8. The number of benzene rings is 1. The van der Waals surface area contributed by atoms with Crippen LogP contribution in [0.1, 0.15) is 5.56 Å². The second-order valence-electron chi connectivity index (χ2n) is 3.39. The van der Waals surface area contributed by atoms with Gasteiger partial charge in [0.05, 0.1) is 12.9 Å². The summed E-state index contributed by atoms with van der Waals surface area (Å²) in [6, 6.07) is 7.66. The minimum absolute atomic E-state index is 0.0303. The van der Waals surface area contributed by atoms with Crippen molar-refractivity contribution >= 4 is 17.7 Å². The normalized spacial score (nSPS) is 9.71. The molecule has 1 aromatic rings. The van der Waals surface area contributed by atoms with Gasteiger partial charge < -0.3 is 10.1 Å². The molecule has 0 spiro atoms. The summed E-state index contributed by atoms with van der Waals surface area (Å²) in [5.41, 5.74) is 0.983. The van der Waals surface area contributed by atoms with Gasteiger partial charge in [0, 0.05) is 17.9 Å². The molecule has 1 rings (SSSR count). The van der Waals surface area contributed by atoms with Crippen molar-refractivity contribution in [3.8, 4) is 5.75 Å². The zero-order valence-electron chi connectivity index (χ0n) is 9.94. The maximum atomic E-state index is 11.5. The molecule has 0 saturated heterocycles. The second-order valence-corrected chi connectivity index (χ2v) is 4.42. The van der Waals surface area contributed by atoms with Crippen LogP contribution in [-0.2, 0) is 11.3 Å². The van der Waals surface area contributed by atoms with Gasteiger partial charge >= 0.3 is 0 Å². The lowest BCUT2D eigenvalue weighted by Gasteiger charge is -2.09. The van der Waals surface area contributed by atoms with Crippen LogP contribution >= 0.6 is 11.8 Å². The number of amides is 1. The lowest BCUT2D eigenvalue weighted by Crippen LogP contribution is -2.24. The molecule has 1 aromatic carbocycles. The van der Waals surface area contributed by atoms with Gasteiger partial charge in [-0.15, -0.1) is 18.3 Å². The summed E-state index contributed by atoms with van der Waals surface area (Å²) >= 11 is 1.55. The van der Waals surface area contributed by atoms with E-state index in [-0.39, 0.29) is 5.91 Å². The molecule has 0 aliphatic heterocycles. The molecule has 4 heteroatoms. The van der Waals surface area contributed by atoms with Gasteiger partial charge in [0.25, 0.3) is 0 Å². The molecule has 0 saturated carbocycles. The van der Waals surface area contributed by atoms with Crippen molar-refractivity contribution in [3.05, 3.63) is 42.5 Å². The third-order valence-corrected chi connectivity index (χ3v) is 3.08. The van der Waals surface area contributed by atoms with E-state index in [9.17, 15) is 4.79 Å². The Bertz CT molecular complexity index is 379. The molecule has 0 unspecified atom stereocenters. The fraction of sp³-hybridized carbons (Fsp3) is 0.308. The third-order valence-electron chi connectivity index (χ3n) is 2.14. The first-order chi connectivity index (χ1) is 8.27. The summed E-state index contributed by atoms with van der Waals surface area (Å²) in [6.07, 6.45) is 1.79. The van der Waals surface area contributed by atoms with Crippen LogP contribution in [0.5, 0.6) is 5.75 Å². The number of ether oxygens (including phenoxy) is 1. The van der Waals surface area contributed by atoms with Crippen molar-refractivity contribution < 1.29 is 9.53 Å². The number of carbonyl (C=O) groups is 1. The minimum Gasteiger partial charge on any atom is -0.496 e. The van der Waals surface area contributed by atoms with Crippen molar-refractivity contribution in [1.82, 2.24) is 5.32 Å². The highest BCUT2D eigenvalue weighted by molar-refractivity contribution is 8.00. The number of hydrogen-bond acceptors (Lipinski definition) is 3. The topological polar surface area (TPSA) is 38.3 Å². The Morgan fingerprint density at radius 1 is 1.53 bits per heavy atom. The smallest absolute Gasteiger partial charge is 0.230 e. The summed E-state index contributed by atoms with van der Waals surface area (Å²) in [5, 5.41) is 2.86. The van der Waals surface area contributed by atoms with Crippen LogP contribution < -0.4 is 10.1 Å². The van der Waals surface area contributed by atoms with E-state index < -0.39 is 0 Å². The monoisotopic (exact) mass is 251 g/mol. The maximum Gasteiger partial charge on any atom is 0.230 e. The third kappa shape index (κ3) is 4.95. The molecule has 1 amide bonds. The number of hydrogen-bond donors (Lipinski definition) is 1. The van der Waals surface area contributed by atoms with E-state index in [4.69, 9.17) is 4.74 Å². The minimum atomic E-state index is 0.0303. The molecular formula is C13H17NO2S. The average Bonchev–Trinajstić information content (AvgIpc) is 2.37. The lowest BCUT2D eigenvalue weighted by molar-refractivity contribution is -0.118. The van der Waals surface area contributed by atoms with Crippen LogP contribution in [0.15, 0.2) is 36.9 Å². The molecule has 0 radical (unpaired) electrons. The lowest BCUT2D eigenvalue weighted by atomic mass is 10.2. The summed E-state index contributed by atoms with van der Waals surface area (Å²) in [7, 11) is 1.63. The van der Waals surface area contributed by atoms with E-state index in [0.29, 0.717) is 12.3 Å². The van der Waals surface area contributed by atoms with Gasteiger partial charge in [-0.3, -0.25) is 4.79 Å². The summed E-state index contributed by atoms with van der Waals surface area (Å²) in [4.78, 5) is 11.5.